The Morgan fingerprint density at radius 3 is 2.30 bits per heavy atom. The number of hydrogen-bond acceptors (Lipinski definition) is 4. The molecule has 2 N–H and O–H groups in total. The SMILES string of the molecule is O=C(CNC(=O)c1ccc(Cl)cc1)N/N=C/c1cn(-c2ccccc2)nc1-c1ccccc1. The highest BCUT2D eigenvalue weighted by Gasteiger charge is 2.11. The Hall–Kier alpha value is -4.23. The Bertz CT molecular complexity index is 1270. The summed E-state index contributed by atoms with van der Waals surface area (Å²) in [5.74, 6) is -0.827. The van der Waals surface area contributed by atoms with Gasteiger partial charge in [-0.25, -0.2) is 10.1 Å². The number of amides is 2. The molecule has 0 aliphatic heterocycles. The molecule has 0 spiro atoms. The predicted octanol–water partition coefficient (Wildman–Crippen LogP) is 4.07. The van der Waals surface area contributed by atoms with Gasteiger partial charge in [0.05, 0.1) is 18.4 Å². The van der Waals surface area contributed by atoms with Gasteiger partial charge in [0.2, 0.25) is 0 Å². The molecule has 8 heteroatoms. The number of halogens is 1. The van der Waals surface area contributed by atoms with Crippen molar-refractivity contribution in [1.29, 1.82) is 0 Å². The Morgan fingerprint density at radius 1 is 0.939 bits per heavy atom. The zero-order valence-corrected chi connectivity index (χ0v) is 18.2. The first-order chi connectivity index (χ1) is 16.1. The molecule has 0 atom stereocenters. The Balaban J connectivity index is 1.43. The molecule has 0 unspecified atom stereocenters. The van der Waals surface area contributed by atoms with Crippen LogP contribution in [0.1, 0.15) is 15.9 Å². The van der Waals surface area contributed by atoms with Crippen LogP contribution in [0.5, 0.6) is 0 Å². The average Bonchev–Trinajstić information content (AvgIpc) is 3.28. The molecule has 7 nitrogen and oxygen atoms in total. The van der Waals surface area contributed by atoms with Gasteiger partial charge in [0.1, 0.15) is 5.69 Å². The highest BCUT2D eigenvalue weighted by atomic mass is 35.5. The van der Waals surface area contributed by atoms with E-state index in [-0.39, 0.29) is 12.5 Å². The lowest BCUT2D eigenvalue weighted by atomic mass is 10.1. The number of aromatic nitrogens is 2. The van der Waals surface area contributed by atoms with Gasteiger partial charge in [-0.2, -0.15) is 10.2 Å². The van der Waals surface area contributed by atoms with Crippen molar-refractivity contribution in [2.75, 3.05) is 6.54 Å². The monoisotopic (exact) mass is 457 g/mol. The maximum atomic E-state index is 12.1. The molecule has 0 bridgehead atoms. The van der Waals surface area contributed by atoms with Crippen molar-refractivity contribution in [3.8, 4) is 16.9 Å². The molecular weight excluding hydrogens is 438 g/mol. The van der Waals surface area contributed by atoms with Gasteiger partial charge in [0, 0.05) is 27.9 Å². The van der Waals surface area contributed by atoms with Crippen molar-refractivity contribution in [1.82, 2.24) is 20.5 Å². The molecule has 33 heavy (non-hydrogen) atoms. The van der Waals surface area contributed by atoms with E-state index >= 15 is 0 Å². The molecule has 3 aromatic carbocycles. The van der Waals surface area contributed by atoms with Crippen LogP contribution >= 0.6 is 11.6 Å². The molecule has 2 amide bonds. The third kappa shape index (κ3) is 5.72. The summed E-state index contributed by atoms with van der Waals surface area (Å²) < 4.78 is 1.76. The zero-order valence-electron chi connectivity index (χ0n) is 17.5. The standard InChI is InChI=1S/C25H20ClN5O2/c26-21-13-11-19(12-14-21)25(33)27-16-23(32)29-28-15-20-17-31(22-9-5-2-6-10-22)30-24(20)18-7-3-1-4-8-18/h1-15,17H,16H2,(H,27,33)(H,29,32)/b28-15+. The van der Waals surface area contributed by atoms with E-state index in [4.69, 9.17) is 16.7 Å². The van der Waals surface area contributed by atoms with Crippen molar-refractivity contribution in [2.45, 2.75) is 0 Å². The molecule has 4 rings (SSSR count). The van der Waals surface area contributed by atoms with Crippen molar-refractivity contribution in [3.63, 3.8) is 0 Å². The van der Waals surface area contributed by atoms with Gasteiger partial charge >= 0.3 is 0 Å². The molecule has 164 valence electrons. The Kier molecular flexibility index (Phi) is 6.92. The molecule has 0 fully saturated rings. The summed E-state index contributed by atoms with van der Waals surface area (Å²) in [6.45, 7) is -0.215. The van der Waals surface area contributed by atoms with E-state index in [1.165, 1.54) is 6.21 Å². The summed E-state index contributed by atoms with van der Waals surface area (Å²) in [6.07, 6.45) is 3.38. The molecule has 0 aliphatic carbocycles. The molecule has 1 heterocycles. The number of nitrogens with zero attached hydrogens (tertiary/aromatic N) is 3. The smallest absolute Gasteiger partial charge is 0.259 e. The minimum absolute atomic E-state index is 0.215. The van der Waals surface area contributed by atoms with E-state index in [2.05, 4.69) is 15.8 Å². The van der Waals surface area contributed by atoms with Crippen LogP contribution in [0.2, 0.25) is 5.02 Å². The molecule has 0 aliphatic rings. The number of carbonyl (C=O) groups excluding carboxylic acids is 2. The summed E-state index contributed by atoms with van der Waals surface area (Å²) in [6, 6.07) is 25.8. The molecule has 0 radical (unpaired) electrons. The number of rotatable bonds is 7. The summed E-state index contributed by atoms with van der Waals surface area (Å²) >= 11 is 5.82. The van der Waals surface area contributed by atoms with Crippen molar-refractivity contribution < 1.29 is 9.59 Å². The fourth-order valence-electron chi connectivity index (χ4n) is 3.09. The Morgan fingerprint density at radius 2 is 1.61 bits per heavy atom. The van der Waals surface area contributed by atoms with E-state index in [0.717, 1.165) is 22.5 Å². The van der Waals surface area contributed by atoms with Gasteiger partial charge in [-0.05, 0) is 36.4 Å². The molecule has 4 aromatic rings. The summed E-state index contributed by atoms with van der Waals surface area (Å²) in [5.41, 5.74) is 6.14. The molecule has 0 saturated heterocycles. The van der Waals surface area contributed by atoms with Gasteiger partial charge in [-0.15, -0.1) is 0 Å². The highest BCUT2D eigenvalue weighted by molar-refractivity contribution is 6.30. The predicted molar refractivity (Wildman–Crippen MR) is 129 cm³/mol. The number of hydrazone groups is 1. The fraction of sp³-hybridized carbons (Fsp3) is 0.0400. The third-order valence-corrected chi connectivity index (χ3v) is 4.97. The van der Waals surface area contributed by atoms with Crippen LogP contribution in [-0.2, 0) is 4.79 Å². The topological polar surface area (TPSA) is 88.4 Å². The molecular formula is C25H20ClN5O2. The van der Waals surface area contributed by atoms with Crippen LogP contribution in [0.25, 0.3) is 16.9 Å². The maximum absolute atomic E-state index is 12.1. The maximum Gasteiger partial charge on any atom is 0.259 e. The van der Waals surface area contributed by atoms with Gasteiger partial charge in [-0.1, -0.05) is 60.1 Å². The van der Waals surface area contributed by atoms with E-state index in [0.29, 0.717) is 10.6 Å². The van der Waals surface area contributed by atoms with Crippen LogP contribution in [0, 0.1) is 0 Å². The van der Waals surface area contributed by atoms with E-state index in [1.54, 1.807) is 28.9 Å². The van der Waals surface area contributed by atoms with Crippen LogP contribution in [-0.4, -0.2) is 34.4 Å². The van der Waals surface area contributed by atoms with E-state index < -0.39 is 5.91 Å². The number of carbonyl (C=O) groups is 2. The minimum Gasteiger partial charge on any atom is -0.343 e. The second-order valence-electron chi connectivity index (χ2n) is 7.06. The first-order valence-electron chi connectivity index (χ1n) is 10.2. The lowest BCUT2D eigenvalue weighted by Crippen LogP contribution is -2.34. The lowest BCUT2D eigenvalue weighted by molar-refractivity contribution is -0.120. The van der Waals surface area contributed by atoms with E-state index in [9.17, 15) is 9.59 Å². The molecule has 0 saturated carbocycles. The number of para-hydroxylation sites is 1. The summed E-state index contributed by atoms with van der Waals surface area (Å²) in [5, 5.41) is 11.8. The third-order valence-electron chi connectivity index (χ3n) is 4.72. The Labute approximate surface area is 195 Å². The largest absolute Gasteiger partial charge is 0.343 e. The van der Waals surface area contributed by atoms with Crippen molar-refractivity contribution in [2.24, 2.45) is 5.10 Å². The highest BCUT2D eigenvalue weighted by Crippen LogP contribution is 2.22. The number of benzene rings is 3. The number of nitrogens with one attached hydrogen (secondary N) is 2. The van der Waals surface area contributed by atoms with E-state index in [1.807, 2.05) is 66.9 Å². The van der Waals surface area contributed by atoms with Crippen molar-refractivity contribution in [3.05, 3.63) is 107 Å². The minimum atomic E-state index is -0.453. The average molecular weight is 458 g/mol. The second-order valence-corrected chi connectivity index (χ2v) is 7.50. The normalized spacial score (nSPS) is 10.8. The second kappa shape index (κ2) is 10.4. The number of hydrogen-bond donors (Lipinski definition) is 2. The van der Waals surface area contributed by atoms with Crippen LogP contribution in [0.15, 0.2) is 96.2 Å². The summed E-state index contributed by atoms with van der Waals surface area (Å²) in [4.78, 5) is 24.2. The van der Waals surface area contributed by atoms with Crippen LogP contribution in [0.4, 0.5) is 0 Å². The zero-order chi connectivity index (χ0) is 23.0. The molecule has 1 aromatic heterocycles. The quantitative estimate of drug-likeness (QED) is 0.324. The van der Waals surface area contributed by atoms with Crippen LogP contribution < -0.4 is 10.7 Å². The van der Waals surface area contributed by atoms with Gasteiger partial charge in [0.25, 0.3) is 11.8 Å². The summed E-state index contributed by atoms with van der Waals surface area (Å²) in [7, 11) is 0. The van der Waals surface area contributed by atoms with Crippen LogP contribution in [0.3, 0.4) is 0 Å². The van der Waals surface area contributed by atoms with Gasteiger partial charge in [-0.3, -0.25) is 9.59 Å². The first kappa shape index (κ1) is 22.0. The fourth-order valence-corrected chi connectivity index (χ4v) is 3.22. The van der Waals surface area contributed by atoms with Crippen molar-refractivity contribution >= 4 is 29.6 Å². The lowest BCUT2D eigenvalue weighted by Gasteiger charge is -2.04. The van der Waals surface area contributed by atoms with Gasteiger partial charge < -0.3 is 5.32 Å². The van der Waals surface area contributed by atoms with Gasteiger partial charge in [0.15, 0.2) is 0 Å². The first-order valence-corrected chi connectivity index (χ1v) is 10.5.